The van der Waals surface area contributed by atoms with Crippen LogP contribution < -0.4 is 60.3 Å². The molecule has 12 aromatic rings. The summed E-state index contributed by atoms with van der Waals surface area (Å²) >= 11 is 18.2. The Labute approximate surface area is 848 Å². The summed E-state index contributed by atoms with van der Waals surface area (Å²) in [6.07, 6.45) is 10.1. The fourth-order valence-electron chi connectivity index (χ4n) is 12.1. The molecule has 0 bridgehead atoms. The van der Waals surface area contributed by atoms with Crippen LogP contribution in [-0.4, -0.2) is 69.0 Å². The Morgan fingerprint density at radius 1 is 0.270 bits per heavy atom. The van der Waals surface area contributed by atoms with Gasteiger partial charge in [0.15, 0.2) is 69.4 Å². The first-order chi connectivity index (χ1) is 65.1. The van der Waals surface area contributed by atoms with Gasteiger partial charge in [0.25, 0.3) is 31.4 Å². The van der Waals surface area contributed by atoms with E-state index in [1.54, 1.807) is 117 Å². The van der Waals surface area contributed by atoms with Gasteiger partial charge in [0.2, 0.25) is 0 Å². The summed E-state index contributed by atoms with van der Waals surface area (Å²) in [6.45, 7) is 25.0. The number of nitrogens with one attached hydrogen (secondary N) is 6. The average Bonchev–Trinajstić information content (AvgIpc) is 0.837. The predicted molar refractivity (Wildman–Crippen MR) is 565 cm³/mol. The van der Waals surface area contributed by atoms with Gasteiger partial charge in [-0.05, 0) is 356 Å². The van der Waals surface area contributed by atoms with Gasteiger partial charge in [-0.1, -0.05) is 153 Å². The van der Waals surface area contributed by atoms with Crippen molar-refractivity contribution in [3.8, 4) is 34.5 Å². The Morgan fingerprint density at radius 2 is 0.511 bits per heavy atom. The third kappa shape index (κ3) is 35.3. The maximum absolute atomic E-state index is 14.0. The molecule has 0 spiro atoms. The quantitative estimate of drug-likeness (QED) is 0.0244. The van der Waals surface area contributed by atoms with E-state index in [1.165, 1.54) is 48.5 Å². The summed E-state index contributed by atoms with van der Waals surface area (Å²) in [7, 11) is 0. The van der Waals surface area contributed by atoms with E-state index in [2.05, 4.69) is 70.4 Å². The largest absolute Gasteiger partial charge is 0.486 e. The molecule has 726 valence electrons. The van der Waals surface area contributed by atoms with Crippen LogP contribution in [0.25, 0.3) is 0 Å². The van der Waals surface area contributed by atoms with Gasteiger partial charge in [-0.2, -0.15) is 0 Å². The number of benzene rings is 12. The Hall–Kier alpha value is -10.6. The predicted octanol–water partition coefficient (Wildman–Crippen LogP) is 32.0. The van der Waals surface area contributed by atoms with Crippen LogP contribution in [0.1, 0.15) is 106 Å². The monoisotopic (exact) mass is 2180 g/mol. The molecule has 0 aliphatic rings. The van der Waals surface area contributed by atoms with Gasteiger partial charge in [-0.3, -0.25) is 28.8 Å². The molecular weight excluding hydrogens is 2080 g/mol. The first kappa shape index (κ1) is 113. The van der Waals surface area contributed by atoms with Crippen molar-refractivity contribution in [2.24, 2.45) is 0 Å². The zero-order chi connectivity index (χ0) is 101. The van der Waals surface area contributed by atoms with Gasteiger partial charge in [0.05, 0.1) is 5.69 Å². The maximum Gasteiger partial charge on any atom is 0.283 e. The molecule has 0 radical (unpaired) electrons. The van der Waals surface area contributed by atoms with Crippen LogP contribution in [0.5, 0.6) is 34.5 Å². The molecule has 0 aromatic heterocycles. The number of amides is 6. The van der Waals surface area contributed by atoms with Gasteiger partial charge in [0, 0.05) is 74.9 Å². The van der Waals surface area contributed by atoms with E-state index in [1.807, 2.05) is 150 Å². The molecule has 0 atom stereocenters. The lowest BCUT2D eigenvalue weighted by Crippen LogP contribution is -2.10. The lowest BCUT2D eigenvalue weighted by molar-refractivity contribution is 0.268. The molecule has 34 heteroatoms. The number of aryl methyl sites for hydroxylation is 13. The van der Waals surface area contributed by atoms with Gasteiger partial charge < -0.3 is 60.3 Å². The highest BCUT2D eigenvalue weighted by molar-refractivity contribution is 14.1. The van der Waals surface area contributed by atoms with Crippen molar-refractivity contribution in [3.63, 3.8) is 0 Å². The number of anilines is 6. The van der Waals surface area contributed by atoms with Crippen molar-refractivity contribution >= 4 is 186 Å². The molecule has 0 heterocycles. The number of rotatable bonds is 24. The summed E-state index contributed by atoms with van der Waals surface area (Å²) in [6, 6.07) is 52.2. The van der Waals surface area contributed by atoms with E-state index >= 15 is 0 Å². The van der Waals surface area contributed by atoms with Crippen molar-refractivity contribution < 1.29 is 87.9 Å². The molecule has 0 aliphatic carbocycles. The minimum Gasteiger partial charge on any atom is -0.486 e. The number of carbonyl (C=O) groups is 6. The van der Waals surface area contributed by atoms with Crippen molar-refractivity contribution in [2.45, 2.75) is 130 Å². The summed E-state index contributed by atoms with van der Waals surface area (Å²) in [5.41, 5.74) is 19.4. The molecule has 0 saturated heterocycles. The van der Waals surface area contributed by atoms with Crippen LogP contribution in [0.15, 0.2) is 193 Å². The second-order valence-electron chi connectivity index (χ2n) is 30.5. The second-order valence-corrected chi connectivity index (χ2v) is 37.6. The standard InChI is InChI=1S/C18H20FNO2S.C17H17BrFNO2S.C17H17ClFNO2S.C17H17F2NO2S.C17H17FINO2S.C17H18FNO2S/c1-11-6-5-7-16(20-18(21)23-4)14(11)10-22-17-9-13(3)12(2)8-15(17)19;3*1-10-7-14(19)16(8-11(10)2)22-9-12-13(18)5-4-6-15(12)20-17(21)23-3;1-10-7-13(18)16(8-11(10)2)22-9-12-14(19)5-4-6-15(12)20-17(21)23-3;1-11-8-14(18)16(9-12(11)2)21-10-13-6-4-5-7-15(13)19-17(20)22-3/h5-9H,10H2,1-4H3,(H,20,21);4*4-8H,9H2,1-3H3,(H,20,21);4-9H,10H2,1-3H3,(H,19,20). The van der Waals surface area contributed by atoms with Crippen LogP contribution in [0.3, 0.4) is 0 Å². The Morgan fingerprint density at radius 3 is 0.869 bits per heavy atom. The number of thioether (sulfide) groups is 6. The summed E-state index contributed by atoms with van der Waals surface area (Å²) in [5.74, 6) is -1.90. The topological polar surface area (TPSA) is 230 Å². The Balaban J connectivity index is 0.000000224. The molecule has 0 unspecified atom stereocenters. The van der Waals surface area contributed by atoms with Gasteiger partial charge in [0.1, 0.15) is 45.5 Å². The first-order valence-corrected chi connectivity index (χ1v) is 51.4. The van der Waals surface area contributed by atoms with E-state index in [0.717, 1.165) is 173 Å². The molecule has 0 fully saturated rings. The molecule has 137 heavy (non-hydrogen) atoms. The summed E-state index contributed by atoms with van der Waals surface area (Å²) < 4.78 is 133. The summed E-state index contributed by atoms with van der Waals surface area (Å²) in [5, 5.41) is 15.9. The van der Waals surface area contributed by atoms with Crippen molar-refractivity contribution in [2.75, 3.05) is 69.4 Å². The van der Waals surface area contributed by atoms with Gasteiger partial charge in [-0.15, -0.1) is 0 Å². The van der Waals surface area contributed by atoms with Crippen LogP contribution >= 0.6 is 121 Å². The molecule has 12 aromatic carbocycles. The zero-order valence-corrected chi connectivity index (χ0v) is 88.2. The fourth-order valence-corrected chi connectivity index (χ4v) is 14.8. The van der Waals surface area contributed by atoms with Crippen LogP contribution in [0, 0.1) is 134 Å². The third-order valence-corrected chi connectivity index (χ3v) is 25.9. The highest BCUT2D eigenvalue weighted by Crippen LogP contribution is 2.36. The number of halogens is 10. The highest BCUT2D eigenvalue weighted by Gasteiger charge is 2.21. The molecule has 0 aliphatic heterocycles. The Kier molecular flexibility index (Phi) is 46.7. The van der Waals surface area contributed by atoms with Crippen LogP contribution in [0.2, 0.25) is 5.02 Å². The molecule has 6 amide bonds. The van der Waals surface area contributed by atoms with Crippen molar-refractivity contribution in [3.05, 3.63) is 348 Å². The zero-order valence-electron chi connectivity index (χ0n) is 78.8. The lowest BCUT2D eigenvalue weighted by Gasteiger charge is -2.15. The van der Waals surface area contributed by atoms with Crippen LogP contribution in [-0.2, 0) is 39.6 Å². The smallest absolute Gasteiger partial charge is 0.283 e. The van der Waals surface area contributed by atoms with E-state index in [9.17, 15) is 59.5 Å². The Bertz CT molecular complexity index is 5570. The van der Waals surface area contributed by atoms with E-state index in [4.69, 9.17) is 40.0 Å². The number of para-hydroxylation sites is 1. The average molecular weight is 2190 g/mol. The van der Waals surface area contributed by atoms with Gasteiger partial charge >= 0.3 is 0 Å². The normalized spacial score (nSPS) is 10.5. The number of hydrogen-bond donors (Lipinski definition) is 6. The highest BCUT2D eigenvalue weighted by atomic mass is 127. The SMILES string of the molecule is CSC(=O)Nc1cccc(Br)c1COc1cc(C)c(C)cc1F.CSC(=O)Nc1cccc(C)c1COc1cc(C)c(C)cc1F.CSC(=O)Nc1cccc(Cl)c1COc1cc(C)c(C)cc1F.CSC(=O)Nc1cccc(F)c1COc1cc(C)c(C)cc1F.CSC(=O)Nc1cccc(I)c1COc1cc(C)c(C)cc1F.CSC(=O)Nc1ccccc1COc1cc(C)c(C)cc1F. The molecular formula is C103H106BrClF7IN6O12S6. The molecule has 0 saturated carbocycles. The summed E-state index contributed by atoms with van der Waals surface area (Å²) in [4.78, 5) is 69.3. The minimum atomic E-state index is -0.520. The number of hydrogen-bond acceptors (Lipinski definition) is 18. The molecule has 18 nitrogen and oxygen atoms in total. The van der Waals surface area contributed by atoms with Gasteiger partial charge in [-0.25, -0.2) is 30.7 Å². The van der Waals surface area contributed by atoms with Crippen molar-refractivity contribution in [1.29, 1.82) is 0 Å². The van der Waals surface area contributed by atoms with E-state index in [0.29, 0.717) is 44.7 Å². The lowest BCUT2D eigenvalue weighted by atomic mass is 10.1. The third-order valence-electron chi connectivity index (χ3n) is 21.0. The van der Waals surface area contributed by atoms with Crippen molar-refractivity contribution in [1.82, 2.24) is 0 Å². The number of carbonyl (C=O) groups excluding carboxylic acids is 6. The van der Waals surface area contributed by atoms with E-state index < -0.39 is 23.3 Å². The first-order valence-electron chi connectivity index (χ1n) is 41.8. The minimum absolute atomic E-state index is 0.0542. The molecule has 6 N–H and O–H groups in total. The maximum atomic E-state index is 14.0. The second kappa shape index (κ2) is 56.4. The van der Waals surface area contributed by atoms with Crippen LogP contribution in [0.4, 0.5) is 93.6 Å². The number of ether oxygens (including phenoxy) is 6. The fraction of sp³-hybridized carbons (Fsp3) is 0.243. The molecule has 12 rings (SSSR count). The van der Waals surface area contributed by atoms with E-state index in [-0.39, 0.29) is 129 Å².